The van der Waals surface area contributed by atoms with Gasteiger partial charge in [-0.2, -0.15) is 0 Å². The molecule has 0 radical (unpaired) electrons. The average Bonchev–Trinajstić information content (AvgIpc) is 2.89. The first-order valence-electron chi connectivity index (χ1n) is 12.7. The molecule has 40 heavy (non-hydrogen) atoms. The van der Waals surface area contributed by atoms with Crippen molar-refractivity contribution < 1.29 is 22.4 Å². The highest BCUT2D eigenvalue weighted by atomic mass is 35.5. The van der Waals surface area contributed by atoms with Crippen LogP contribution in [0.2, 0.25) is 10.0 Å². The molecule has 0 bridgehead atoms. The zero-order valence-corrected chi connectivity index (χ0v) is 25.0. The van der Waals surface area contributed by atoms with E-state index in [9.17, 15) is 18.0 Å². The van der Waals surface area contributed by atoms with Crippen molar-refractivity contribution in [3.8, 4) is 0 Å². The number of hydrogen-bond donors (Lipinski definition) is 1. The highest BCUT2D eigenvalue weighted by Gasteiger charge is 2.35. The van der Waals surface area contributed by atoms with E-state index in [-0.39, 0.29) is 39.6 Å². The lowest BCUT2D eigenvalue weighted by atomic mass is 10.1. The molecule has 0 unspecified atom stereocenters. The molecule has 0 fully saturated rings. The van der Waals surface area contributed by atoms with Gasteiger partial charge in [0.25, 0.3) is 10.0 Å². The second kappa shape index (κ2) is 13.5. The zero-order chi connectivity index (χ0) is 29.6. The average molecular weight is 609 g/mol. The second-order valence-corrected chi connectivity index (χ2v) is 12.3. The molecule has 1 atom stereocenters. The third kappa shape index (κ3) is 7.33. The lowest BCUT2D eigenvalue weighted by molar-refractivity contribution is -0.140. The van der Waals surface area contributed by atoms with Gasteiger partial charge < -0.3 is 10.2 Å². The molecule has 0 aliphatic carbocycles. The molecule has 11 heteroatoms. The Labute approximate surface area is 244 Å². The van der Waals surface area contributed by atoms with Gasteiger partial charge in [-0.3, -0.25) is 13.9 Å². The Morgan fingerprint density at radius 3 is 2.10 bits per heavy atom. The zero-order valence-electron chi connectivity index (χ0n) is 22.7. The Hall–Kier alpha value is -3.14. The van der Waals surface area contributed by atoms with E-state index in [1.54, 1.807) is 58.0 Å². The van der Waals surface area contributed by atoms with Gasteiger partial charge in [0.15, 0.2) is 0 Å². The summed E-state index contributed by atoms with van der Waals surface area (Å²) in [5, 5.41) is 3.37. The maximum atomic E-state index is 15.0. The first kappa shape index (κ1) is 31.4. The fraction of sp³-hybridized carbons (Fsp3) is 0.310. The van der Waals surface area contributed by atoms with E-state index in [2.05, 4.69) is 5.32 Å². The predicted molar refractivity (Wildman–Crippen MR) is 156 cm³/mol. The number of nitrogens with zero attached hydrogens (tertiary/aromatic N) is 2. The summed E-state index contributed by atoms with van der Waals surface area (Å²) in [6.45, 7) is 6.17. The molecule has 1 N–H and O–H groups in total. The molecule has 3 rings (SSSR count). The highest BCUT2D eigenvalue weighted by Crippen LogP contribution is 2.29. The predicted octanol–water partition coefficient (Wildman–Crippen LogP) is 5.97. The van der Waals surface area contributed by atoms with Crippen LogP contribution in [0.5, 0.6) is 0 Å². The van der Waals surface area contributed by atoms with E-state index < -0.39 is 40.2 Å². The number of sulfonamides is 1. The van der Waals surface area contributed by atoms with Crippen LogP contribution < -0.4 is 9.62 Å². The van der Waals surface area contributed by atoms with Crippen molar-refractivity contribution in [1.29, 1.82) is 0 Å². The SMILES string of the molecule is CC[C@H](C(=O)NC(C)C)N(Cc1c(Cl)cccc1Cl)C(=O)CN(c1ccccc1F)S(=O)(=O)c1ccc(C)cc1. The number of anilines is 1. The number of aryl methyl sites for hydroxylation is 1. The summed E-state index contributed by atoms with van der Waals surface area (Å²) in [5.74, 6) is -1.98. The fourth-order valence-electron chi connectivity index (χ4n) is 4.16. The molecular formula is C29H32Cl2FN3O4S. The van der Waals surface area contributed by atoms with Crippen LogP contribution in [-0.2, 0) is 26.2 Å². The van der Waals surface area contributed by atoms with E-state index in [0.717, 1.165) is 15.9 Å². The van der Waals surface area contributed by atoms with Crippen molar-refractivity contribution in [3.63, 3.8) is 0 Å². The summed E-state index contributed by atoms with van der Waals surface area (Å²) < 4.78 is 43.4. The molecule has 0 aliphatic heterocycles. The number of para-hydroxylation sites is 1. The van der Waals surface area contributed by atoms with Crippen LogP contribution in [0, 0.1) is 12.7 Å². The molecule has 3 aromatic carbocycles. The standard InChI is InChI=1S/C29H32Cl2FN3O4S/c1-5-26(29(37)33-19(2)3)34(17-22-23(30)9-8-10-24(22)31)28(36)18-35(27-12-7-6-11-25(27)32)40(38,39)21-15-13-20(4)14-16-21/h6-16,19,26H,5,17-18H2,1-4H3,(H,33,37)/t26-/m1/s1. The Morgan fingerprint density at radius 2 is 1.55 bits per heavy atom. The van der Waals surface area contributed by atoms with Crippen LogP contribution in [0.4, 0.5) is 10.1 Å². The minimum Gasteiger partial charge on any atom is -0.352 e. The number of benzene rings is 3. The van der Waals surface area contributed by atoms with Gasteiger partial charge in [-0.05, 0) is 63.6 Å². The van der Waals surface area contributed by atoms with Crippen molar-refractivity contribution in [2.45, 2.75) is 57.6 Å². The van der Waals surface area contributed by atoms with E-state index in [4.69, 9.17) is 23.2 Å². The van der Waals surface area contributed by atoms with Gasteiger partial charge in [-0.25, -0.2) is 12.8 Å². The molecular weight excluding hydrogens is 576 g/mol. The smallest absolute Gasteiger partial charge is 0.264 e. The van der Waals surface area contributed by atoms with Gasteiger partial charge in [0.2, 0.25) is 11.8 Å². The number of hydrogen-bond acceptors (Lipinski definition) is 4. The topological polar surface area (TPSA) is 86.8 Å². The van der Waals surface area contributed by atoms with E-state index in [1.807, 2.05) is 0 Å². The molecule has 214 valence electrons. The molecule has 0 aliphatic rings. The molecule has 0 heterocycles. The number of nitrogens with one attached hydrogen (secondary N) is 1. The van der Waals surface area contributed by atoms with Crippen LogP contribution in [-0.4, -0.2) is 43.8 Å². The Bertz CT molecular complexity index is 1450. The van der Waals surface area contributed by atoms with E-state index in [0.29, 0.717) is 5.56 Å². The quantitative estimate of drug-likeness (QED) is 0.291. The molecule has 3 aromatic rings. The van der Waals surface area contributed by atoms with Crippen molar-refractivity contribution in [3.05, 3.63) is 93.7 Å². The molecule has 7 nitrogen and oxygen atoms in total. The molecule has 0 spiro atoms. The Balaban J connectivity index is 2.12. The number of carbonyl (C=O) groups is 2. The number of rotatable bonds is 11. The first-order valence-corrected chi connectivity index (χ1v) is 14.9. The minimum absolute atomic E-state index is 0.112. The number of halogens is 3. The minimum atomic E-state index is -4.39. The second-order valence-electron chi connectivity index (χ2n) is 9.59. The lowest BCUT2D eigenvalue weighted by Crippen LogP contribution is -2.53. The highest BCUT2D eigenvalue weighted by molar-refractivity contribution is 7.92. The van der Waals surface area contributed by atoms with Gasteiger partial charge >= 0.3 is 0 Å². The molecule has 2 amide bonds. The summed E-state index contributed by atoms with van der Waals surface area (Å²) in [5.41, 5.74) is 0.929. The number of carbonyl (C=O) groups excluding carboxylic acids is 2. The van der Waals surface area contributed by atoms with Gasteiger partial charge in [0.05, 0.1) is 10.6 Å². The van der Waals surface area contributed by atoms with Crippen molar-refractivity contribution in [2.75, 3.05) is 10.8 Å². The molecule has 0 saturated heterocycles. The molecule has 0 saturated carbocycles. The van der Waals surface area contributed by atoms with Gasteiger partial charge in [0, 0.05) is 28.2 Å². The first-order chi connectivity index (χ1) is 18.9. The van der Waals surface area contributed by atoms with Gasteiger partial charge in [-0.15, -0.1) is 0 Å². The van der Waals surface area contributed by atoms with Crippen molar-refractivity contribution in [1.82, 2.24) is 10.2 Å². The summed E-state index contributed by atoms with van der Waals surface area (Å²) >= 11 is 12.8. The van der Waals surface area contributed by atoms with Gasteiger partial charge in [0.1, 0.15) is 18.4 Å². The van der Waals surface area contributed by atoms with Crippen LogP contribution in [0.25, 0.3) is 0 Å². The number of amides is 2. The summed E-state index contributed by atoms with van der Waals surface area (Å²) in [4.78, 5) is 28.3. The normalized spacial score (nSPS) is 12.2. The Kier molecular flexibility index (Phi) is 10.6. The van der Waals surface area contributed by atoms with Gasteiger partial charge in [-0.1, -0.05) is 66.0 Å². The maximum absolute atomic E-state index is 15.0. The summed E-state index contributed by atoms with van der Waals surface area (Å²) in [6.07, 6.45) is 0.219. The van der Waals surface area contributed by atoms with E-state index >= 15 is 4.39 Å². The Morgan fingerprint density at radius 1 is 0.950 bits per heavy atom. The maximum Gasteiger partial charge on any atom is 0.264 e. The monoisotopic (exact) mass is 607 g/mol. The molecule has 0 aromatic heterocycles. The van der Waals surface area contributed by atoms with E-state index in [1.165, 1.54) is 35.2 Å². The van der Waals surface area contributed by atoms with Crippen LogP contribution in [0.3, 0.4) is 0 Å². The summed E-state index contributed by atoms with van der Waals surface area (Å²) in [7, 11) is -4.39. The summed E-state index contributed by atoms with van der Waals surface area (Å²) in [6, 6.07) is 15.0. The van der Waals surface area contributed by atoms with Crippen molar-refractivity contribution in [2.24, 2.45) is 0 Å². The third-order valence-corrected chi connectivity index (χ3v) is 8.70. The lowest BCUT2D eigenvalue weighted by Gasteiger charge is -2.34. The van der Waals surface area contributed by atoms with Crippen molar-refractivity contribution >= 4 is 50.7 Å². The van der Waals surface area contributed by atoms with Crippen LogP contribution >= 0.6 is 23.2 Å². The largest absolute Gasteiger partial charge is 0.352 e. The van der Waals surface area contributed by atoms with Crippen LogP contribution in [0.1, 0.15) is 38.3 Å². The fourth-order valence-corrected chi connectivity index (χ4v) is 6.10. The van der Waals surface area contributed by atoms with Crippen LogP contribution in [0.15, 0.2) is 71.6 Å². The third-order valence-electron chi connectivity index (χ3n) is 6.22.